The number of nitrogens with one attached hydrogen (secondary N) is 1. The van der Waals surface area contributed by atoms with E-state index in [0.29, 0.717) is 0 Å². The van der Waals surface area contributed by atoms with Crippen LogP contribution in [0.4, 0.5) is 0 Å². The summed E-state index contributed by atoms with van der Waals surface area (Å²) < 4.78 is 0. The van der Waals surface area contributed by atoms with Crippen molar-refractivity contribution in [2.45, 2.75) is 77.8 Å². The van der Waals surface area contributed by atoms with E-state index in [1.165, 1.54) is 44.9 Å². The Bertz CT molecular complexity index is 136. The first-order chi connectivity index (χ1) is 6.68. The Balaban J connectivity index is 2.00. The molecule has 1 fully saturated rings. The maximum Gasteiger partial charge on any atom is 0.00695 e. The second kappa shape index (κ2) is 6.44. The van der Waals surface area contributed by atoms with E-state index in [4.69, 9.17) is 0 Å². The summed E-state index contributed by atoms with van der Waals surface area (Å²) in [5.41, 5.74) is 0. The third kappa shape index (κ3) is 4.99. The summed E-state index contributed by atoms with van der Waals surface area (Å²) in [6, 6.07) is 1.57. The van der Waals surface area contributed by atoms with Gasteiger partial charge in [-0.3, -0.25) is 0 Å². The molecule has 0 unspecified atom stereocenters. The van der Waals surface area contributed by atoms with Crippen molar-refractivity contribution < 1.29 is 0 Å². The lowest BCUT2D eigenvalue weighted by Crippen LogP contribution is -2.34. The molecule has 0 heterocycles. The Morgan fingerprint density at radius 3 is 2.29 bits per heavy atom. The first kappa shape index (κ1) is 12.0. The lowest BCUT2D eigenvalue weighted by Gasteiger charge is -2.19. The number of rotatable bonds is 6. The van der Waals surface area contributed by atoms with E-state index in [1.807, 2.05) is 0 Å². The van der Waals surface area contributed by atoms with Gasteiger partial charge in [-0.05, 0) is 32.1 Å². The van der Waals surface area contributed by atoms with Gasteiger partial charge in [0.25, 0.3) is 0 Å². The summed E-state index contributed by atoms with van der Waals surface area (Å²) in [4.78, 5) is 0. The predicted molar refractivity (Wildman–Crippen MR) is 63.5 cm³/mol. The maximum atomic E-state index is 3.75. The fourth-order valence-electron chi connectivity index (χ4n) is 2.41. The second-order valence-electron chi connectivity index (χ2n) is 5.37. The largest absolute Gasteiger partial charge is 0.312 e. The summed E-state index contributed by atoms with van der Waals surface area (Å²) in [7, 11) is 0. The van der Waals surface area contributed by atoms with Crippen molar-refractivity contribution in [1.29, 1.82) is 0 Å². The summed E-state index contributed by atoms with van der Waals surface area (Å²) in [5, 5.41) is 3.75. The SMILES string of the molecule is CC(C)CCC[C@H](C)NC1CCCC1. The van der Waals surface area contributed by atoms with Crippen LogP contribution in [-0.2, 0) is 0 Å². The highest BCUT2D eigenvalue weighted by atomic mass is 14.9. The van der Waals surface area contributed by atoms with E-state index in [2.05, 4.69) is 26.1 Å². The molecule has 0 bridgehead atoms. The van der Waals surface area contributed by atoms with Crippen molar-refractivity contribution in [2.75, 3.05) is 0 Å². The van der Waals surface area contributed by atoms with Crippen molar-refractivity contribution >= 4 is 0 Å². The van der Waals surface area contributed by atoms with Crippen LogP contribution in [0, 0.1) is 5.92 Å². The molecule has 1 heteroatoms. The van der Waals surface area contributed by atoms with Crippen LogP contribution < -0.4 is 5.32 Å². The van der Waals surface area contributed by atoms with Crippen molar-refractivity contribution in [1.82, 2.24) is 5.32 Å². The van der Waals surface area contributed by atoms with Crippen LogP contribution in [0.1, 0.15) is 65.7 Å². The fraction of sp³-hybridized carbons (Fsp3) is 1.00. The zero-order chi connectivity index (χ0) is 10.4. The van der Waals surface area contributed by atoms with Crippen LogP contribution in [0.3, 0.4) is 0 Å². The van der Waals surface area contributed by atoms with Gasteiger partial charge < -0.3 is 5.32 Å². The van der Waals surface area contributed by atoms with Crippen molar-refractivity contribution in [2.24, 2.45) is 5.92 Å². The molecule has 0 aliphatic heterocycles. The Morgan fingerprint density at radius 2 is 1.71 bits per heavy atom. The van der Waals surface area contributed by atoms with Gasteiger partial charge in [0.15, 0.2) is 0 Å². The van der Waals surface area contributed by atoms with Gasteiger partial charge in [0.05, 0.1) is 0 Å². The lowest BCUT2D eigenvalue weighted by molar-refractivity contribution is 0.407. The quantitative estimate of drug-likeness (QED) is 0.684. The molecular weight excluding hydrogens is 170 g/mol. The van der Waals surface area contributed by atoms with Gasteiger partial charge in [-0.25, -0.2) is 0 Å². The normalized spacial score (nSPS) is 20.6. The van der Waals surface area contributed by atoms with Crippen molar-refractivity contribution in [3.05, 3.63) is 0 Å². The van der Waals surface area contributed by atoms with E-state index in [0.717, 1.165) is 18.0 Å². The molecule has 14 heavy (non-hydrogen) atoms. The van der Waals surface area contributed by atoms with Crippen LogP contribution in [0.5, 0.6) is 0 Å². The molecule has 84 valence electrons. The van der Waals surface area contributed by atoms with Gasteiger partial charge in [-0.1, -0.05) is 39.5 Å². The molecule has 0 spiro atoms. The summed E-state index contributed by atoms with van der Waals surface area (Å²) in [6.07, 6.45) is 9.83. The van der Waals surface area contributed by atoms with Crippen LogP contribution in [-0.4, -0.2) is 12.1 Å². The van der Waals surface area contributed by atoms with Gasteiger partial charge >= 0.3 is 0 Å². The minimum absolute atomic E-state index is 0.733. The summed E-state index contributed by atoms with van der Waals surface area (Å²) in [6.45, 7) is 6.97. The monoisotopic (exact) mass is 197 g/mol. The summed E-state index contributed by atoms with van der Waals surface area (Å²) >= 11 is 0. The van der Waals surface area contributed by atoms with E-state index in [9.17, 15) is 0 Å². The third-order valence-corrected chi connectivity index (χ3v) is 3.29. The second-order valence-corrected chi connectivity index (χ2v) is 5.37. The Labute approximate surface area is 89.7 Å². The Hall–Kier alpha value is -0.0400. The molecule has 1 aliphatic carbocycles. The zero-order valence-corrected chi connectivity index (χ0v) is 10.2. The van der Waals surface area contributed by atoms with Crippen molar-refractivity contribution in [3.8, 4) is 0 Å². The summed E-state index contributed by atoms with van der Waals surface area (Å²) in [5.74, 6) is 0.869. The number of hydrogen-bond donors (Lipinski definition) is 1. The molecule has 0 radical (unpaired) electrons. The smallest absolute Gasteiger partial charge is 0.00695 e. The molecule has 1 N–H and O–H groups in total. The highest BCUT2D eigenvalue weighted by Crippen LogP contribution is 2.19. The van der Waals surface area contributed by atoms with Gasteiger partial charge in [-0.2, -0.15) is 0 Å². The van der Waals surface area contributed by atoms with Crippen LogP contribution in [0.2, 0.25) is 0 Å². The molecule has 0 aromatic carbocycles. The molecule has 1 aliphatic rings. The fourth-order valence-corrected chi connectivity index (χ4v) is 2.41. The highest BCUT2D eigenvalue weighted by Gasteiger charge is 2.16. The van der Waals surface area contributed by atoms with Crippen LogP contribution in [0.25, 0.3) is 0 Å². The molecule has 0 amide bonds. The first-order valence-corrected chi connectivity index (χ1v) is 6.44. The third-order valence-electron chi connectivity index (χ3n) is 3.29. The molecule has 0 saturated heterocycles. The molecule has 1 atom stereocenters. The lowest BCUT2D eigenvalue weighted by atomic mass is 10.0. The van der Waals surface area contributed by atoms with E-state index in [-0.39, 0.29) is 0 Å². The highest BCUT2D eigenvalue weighted by molar-refractivity contribution is 4.76. The Kier molecular flexibility index (Phi) is 5.54. The minimum Gasteiger partial charge on any atom is -0.312 e. The minimum atomic E-state index is 0.733. The molecule has 1 nitrogen and oxygen atoms in total. The molecule has 1 saturated carbocycles. The van der Waals surface area contributed by atoms with Crippen LogP contribution in [0.15, 0.2) is 0 Å². The topological polar surface area (TPSA) is 12.0 Å². The molecule has 0 aromatic heterocycles. The van der Waals surface area contributed by atoms with E-state index in [1.54, 1.807) is 0 Å². The van der Waals surface area contributed by atoms with E-state index >= 15 is 0 Å². The first-order valence-electron chi connectivity index (χ1n) is 6.44. The van der Waals surface area contributed by atoms with Gasteiger partial charge in [0, 0.05) is 12.1 Å². The van der Waals surface area contributed by atoms with Crippen molar-refractivity contribution in [3.63, 3.8) is 0 Å². The van der Waals surface area contributed by atoms with E-state index < -0.39 is 0 Å². The zero-order valence-electron chi connectivity index (χ0n) is 10.2. The average Bonchev–Trinajstić information content (AvgIpc) is 2.56. The molecule has 0 aromatic rings. The number of hydrogen-bond acceptors (Lipinski definition) is 1. The molecule has 1 rings (SSSR count). The average molecular weight is 197 g/mol. The van der Waals surface area contributed by atoms with Gasteiger partial charge in [-0.15, -0.1) is 0 Å². The Morgan fingerprint density at radius 1 is 1.07 bits per heavy atom. The van der Waals surface area contributed by atoms with Gasteiger partial charge in [0.1, 0.15) is 0 Å². The van der Waals surface area contributed by atoms with Crippen LogP contribution >= 0.6 is 0 Å². The van der Waals surface area contributed by atoms with Gasteiger partial charge in [0.2, 0.25) is 0 Å². The standard InChI is InChI=1S/C13H27N/c1-11(2)7-6-8-12(3)14-13-9-4-5-10-13/h11-14H,4-10H2,1-3H3/t12-/m0/s1. The molecular formula is C13H27N. The maximum absolute atomic E-state index is 3.75. The predicted octanol–water partition coefficient (Wildman–Crippen LogP) is 3.73.